The number of hydrogen-bond acceptors (Lipinski definition) is 3. The molecule has 0 atom stereocenters. The van der Waals surface area contributed by atoms with Crippen LogP contribution in [0.2, 0.25) is 5.02 Å². The van der Waals surface area contributed by atoms with Gasteiger partial charge in [0.25, 0.3) is 0 Å². The number of aromatic carboxylic acids is 1. The molecule has 0 aliphatic carbocycles. The predicted molar refractivity (Wildman–Crippen MR) is 67.3 cm³/mol. The zero-order chi connectivity index (χ0) is 13.3. The van der Waals surface area contributed by atoms with Crippen LogP contribution in [0.1, 0.15) is 16.3 Å². The number of carboxylic acid groups (broad SMARTS) is 1. The fraction of sp³-hybridized carbons (Fsp3) is 0.167. The summed E-state index contributed by atoms with van der Waals surface area (Å²) in [5.74, 6) is 0.0106. The summed E-state index contributed by atoms with van der Waals surface area (Å²) < 4.78 is 5.04. The van der Waals surface area contributed by atoms with E-state index in [1.807, 2.05) is 0 Å². The predicted octanol–water partition coefficient (Wildman–Crippen LogP) is 2.75. The number of carbonyl (C=O) groups is 1. The highest BCUT2D eigenvalue weighted by Crippen LogP contribution is 2.30. The number of aromatic amines is 1. The number of aromatic nitrogens is 2. The normalized spacial score (nSPS) is 10.4. The maximum atomic E-state index is 11.1. The molecule has 5 nitrogen and oxygen atoms in total. The molecule has 1 heterocycles. The Balaban J connectivity index is 2.55. The highest BCUT2D eigenvalue weighted by atomic mass is 35.5. The maximum Gasteiger partial charge on any atom is 0.354 e. The number of nitrogens with one attached hydrogen (secondary N) is 1. The Bertz CT molecular complexity index is 607. The molecule has 0 saturated carbocycles. The number of rotatable bonds is 3. The van der Waals surface area contributed by atoms with Crippen molar-refractivity contribution in [2.75, 3.05) is 7.11 Å². The largest absolute Gasteiger partial charge is 0.495 e. The van der Waals surface area contributed by atoms with Crippen molar-refractivity contribution in [1.82, 2.24) is 9.97 Å². The molecule has 0 saturated heterocycles. The lowest BCUT2D eigenvalue weighted by Crippen LogP contribution is -1.99. The van der Waals surface area contributed by atoms with Crippen molar-refractivity contribution in [3.63, 3.8) is 0 Å². The summed E-state index contributed by atoms with van der Waals surface area (Å²) in [5, 5.41) is 9.49. The third kappa shape index (κ3) is 2.17. The second-order valence-electron chi connectivity index (χ2n) is 3.70. The molecule has 2 rings (SSSR count). The molecule has 0 amide bonds. The molecule has 0 spiro atoms. The number of halogens is 1. The molecule has 1 aromatic heterocycles. The van der Waals surface area contributed by atoms with Gasteiger partial charge in [0.1, 0.15) is 17.3 Å². The summed E-state index contributed by atoms with van der Waals surface area (Å²) in [6.07, 6.45) is 0. The van der Waals surface area contributed by atoms with Gasteiger partial charge >= 0.3 is 5.97 Å². The first-order chi connectivity index (χ1) is 8.52. The van der Waals surface area contributed by atoms with E-state index in [0.717, 1.165) is 0 Å². The summed E-state index contributed by atoms with van der Waals surface area (Å²) in [6.45, 7) is 1.70. The zero-order valence-electron chi connectivity index (χ0n) is 9.82. The van der Waals surface area contributed by atoms with E-state index in [1.165, 1.54) is 7.11 Å². The van der Waals surface area contributed by atoms with Gasteiger partial charge in [0, 0.05) is 5.56 Å². The van der Waals surface area contributed by atoms with Crippen LogP contribution in [0.5, 0.6) is 5.75 Å². The summed E-state index contributed by atoms with van der Waals surface area (Å²) in [4.78, 5) is 18.0. The second-order valence-corrected chi connectivity index (χ2v) is 4.11. The second kappa shape index (κ2) is 4.70. The number of imidazole rings is 1. The van der Waals surface area contributed by atoms with E-state index < -0.39 is 5.97 Å². The van der Waals surface area contributed by atoms with Gasteiger partial charge in [-0.3, -0.25) is 0 Å². The van der Waals surface area contributed by atoms with E-state index in [4.69, 9.17) is 21.4 Å². The first-order valence-electron chi connectivity index (χ1n) is 5.16. The van der Waals surface area contributed by atoms with E-state index in [1.54, 1.807) is 25.1 Å². The summed E-state index contributed by atoms with van der Waals surface area (Å²) in [6, 6.07) is 5.02. The minimum atomic E-state index is -1.06. The molecule has 0 aliphatic heterocycles. The molecule has 0 aliphatic rings. The molecule has 0 fully saturated rings. The third-order valence-electron chi connectivity index (χ3n) is 2.46. The molecule has 2 N–H and O–H groups in total. The summed E-state index contributed by atoms with van der Waals surface area (Å²) in [5.41, 5.74) is 1.04. The van der Waals surface area contributed by atoms with Crippen LogP contribution in [0.25, 0.3) is 11.3 Å². The smallest absolute Gasteiger partial charge is 0.354 e. The van der Waals surface area contributed by atoms with Crippen LogP contribution < -0.4 is 4.74 Å². The Morgan fingerprint density at radius 2 is 2.22 bits per heavy atom. The number of hydrogen-bond donors (Lipinski definition) is 2. The molecule has 1 aromatic carbocycles. The summed E-state index contributed by atoms with van der Waals surface area (Å²) >= 11 is 6.01. The van der Waals surface area contributed by atoms with Crippen LogP contribution in [0.4, 0.5) is 0 Å². The van der Waals surface area contributed by atoms with Crippen molar-refractivity contribution < 1.29 is 14.6 Å². The van der Waals surface area contributed by atoms with Crippen LogP contribution in [-0.4, -0.2) is 28.2 Å². The highest BCUT2D eigenvalue weighted by Gasteiger charge is 2.17. The fourth-order valence-corrected chi connectivity index (χ4v) is 1.93. The van der Waals surface area contributed by atoms with Gasteiger partial charge < -0.3 is 14.8 Å². The molecule has 94 valence electrons. The Labute approximate surface area is 108 Å². The third-order valence-corrected chi connectivity index (χ3v) is 2.76. The van der Waals surface area contributed by atoms with Crippen molar-refractivity contribution in [2.45, 2.75) is 6.92 Å². The molecule has 0 radical (unpaired) electrons. The lowest BCUT2D eigenvalue weighted by Gasteiger charge is -2.05. The summed E-state index contributed by atoms with van der Waals surface area (Å²) in [7, 11) is 1.52. The Hall–Kier alpha value is -2.01. The zero-order valence-corrected chi connectivity index (χ0v) is 10.6. The molecule has 0 unspecified atom stereocenters. The van der Waals surface area contributed by atoms with E-state index in [-0.39, 0.29) is 5.69 Å². The number of aryl methyl sites for hydroxylation is 1. The Morgan fingerprint density at radius 1 is 1.50 bits per heavy atom. The van der Waals surface area contributed by atoms with E-state index in [9.17, 15) is 4.79 Å². The average molecular weight is 267 g/mol. The number of nitrogens with zero attached hydrogens (tertiary/aromatic N) is 1. The van der Waals surface area contributed by atoms with Crippen LogP contribution in [0, 0.1) is 6.92 Å². The average Bonchev–Trinajstić information content (AvgIpc) is 2.71. The van der Waals surface area contributed by atoms with E-state index >= 15 is 0 Å². The first-order valence-corrected chi connectivity index (χ1v) is 5.54. The lowest BCUT2D eigenvalue weighted by atomic mass is 10.1. The fourth-order valence-electron chi connectivity index (χ4n) is 1.67. The number of H-pyrrole nitrogens is 1. The first kappa shape index (κ1) is 12.4. The van der Waals surface area contributed by atoms with Gasteiger partial charge in [0.05, 0.1) is 12.1 Å². The van der Waals surface area contributed by atoms with Crippen molar-refractivity contribution in [3.8, 4) is 17.0 Å². The van der Waals surface area contributed by atoms with Gasteiger partial charge in [-0.05, 0) is 25.1 Å². The van der Waals surface area contributed by atoms with Crippen molar-refractivity contribution in [3.05, 3.63) is 34.7 Å². The molecule has 6 heteroatoms. The molecule has 18 heavy (non-hydrogen) atoms. The maximum absolute atomic E-state index is 11.1. The minimum Gasteiger partial charge on any atom is -0.495 e. The van der Waals surface area contributed by atoms with Gasteiger partial charge in [-0.25, -0.2) is 9.78 Å². The molecule has 2 aromatic rings. The number of methoxy groups -OCH3 is 1. The van der Waals surface area contributed by atoms with Gasteiger partial charge in [0.2, 0.25) is 0 Å². The van der Waals surface area contributed by atoms with Crippen LogP contribution in [-0.2, 0) is 0 Å². The van der Waals surface area contributed by atoms with E-state index in [2.05, 4.69) is 9.97 Å². The topological polar surface area (TPSA) is 75.2 Å². The molecular formula is C12H11ClN2O3. The lowest BCUT2D eigenvalue weighted by molar-refractivity contribution is 0.0692. The van der Waals surface area contributed by atoms with Crippen molar-refractivity contribution in [1.29, 1.82) is 0 Å². The quantitative estimate of drug-likeness (QED) is 0.896. The highest BCUT2D eigenvalue weighted by molar-refractivity contribution is 6.32. The SMILES string of the molecule is COc1ccc(-c2nc(C)[nH]c2C(=O)O)cc1Cl. The van der Waals surface area contributed by atoms with Gasteiger partial charge in [-0.1, -0.05) is 11.6 Å². The molecule has 0 bridgehead atoms. The Kier molecular flexibility index (Phi) is 3.25. The van der Waals surface area contributed by atoms with Crippen LogP contribution >= 0.6 is 11.6 Å². The van der Waals surface area contributed by atoms with Crippen molar-refractivity contribution >= 4 is 17.6 Å². The Morgan fingerprint density at radius 3 is 2.78 bits per heavy atom. The molecular weight excluding hydrogens is 256 g/mol. The number of ether oxygens (including phenoxy) is 1. The monoisotopic (exact) mass is 266 g/mol. The van der Waals surface area contributed by atoms with Gasteiger partial charge in [-0.2, -0.15) is 0 Å². The standard InChI is InChI=1S/C12H11ClN2O3/c1-6-14-10(11(15-6)12(16)17)7-3-4-9(18-2)8(13)5-7/h3-5H,1-2H3,(H,14,15)(H,16,17). The number of benzene rings is 1. The number of carboxylic acids is 1. The van der Waals surface area contributed by atoms with Gasteiger partial charge in [-0.15, -0.1) is 0 Å². The van der Waals surface area contributed by atoms with Gasteiger partial charge in [0.15, 0.2) is 5.69 Å². The van der Waals surface area contributed by atoms with E-state index in [0.29, 0.717) is 27.9 Å². The van der Waals surface area contributed by atoms with Crippen LogP contribution in [0.15, 0.2) is 18.2 Å². The van der Waals surface area contributed by atoms with Crippen molar-refractivity contribution in [2.24, 2.45) is 0 Å². The minimum absolute atomic E-state index is 0.0498. The van der Waals surface area contributed by atoms with Crippen LogP contribution in [0.3, 0.4) is 0 Å².